The number of benzene rings is 1. The Hall–Kier alpha value is -2.69. The zero-order chi connectivity index (χ0) is 16.9. The standard InChI is InChI=1S/C19H20N2O3/c1-14-5-2-8-18(17(14)12-22)24-13-16-7-4-10-21(16)19(23)15-6-3-9-20-11-15/h2-3,5-6,8-9,11-12,16H,4,7,10,13H2,1H3/t16-/m0/s1. The van der Waals surface area contributed by atoms with Crippen LogP contribution in [0, 0.1) is 6.92 Å². The molecular formula is C19H20N2O3. The van der Waals surface area contributed by atoms with Crippen molar-refractivity contribution < 1.29 is 14.3 Å². The van der Waals surface area contributed by atoms with Crippen molar-refractivity contribution in [2.45, 2.75) is 25.8 Å². The second-order valence-electron chi connectivity index (χ2n) is 5.95. The minimum atomic E-state index is -0.0194. The number of likely N-dealkylation sites (tertiary alicyclic amines) is 1. The summed E-state index contributed by atoms with van der Waals surface area (Å²) in [7, 11) is 0. The van der Waals surface area contributed by atoms with Gasteiger partial charge in [0.1, 0.15) is 12.4 Å². The lowest BCUT2D eigenvalue weighted by molar-refractivity contribution is 0.0690. The number of hydrogen-bond acceptors (Lipinski definition) is 4. The summed E-state index contributed by atoms with van der Waals surface area (Å²) in [6.45, 7) is 2.98. The molecular weight excluding hydrogens is 304 g/mol. The molecule has 0 radical (unpaired) electrons. The molecule has 1 saturated heterocycles. The molecule has 1 aromatic heterocycles. The summed E-state index contributed by atoms with van der Waals surface area (Å²) in [5.74, 6) is 0.555. The summed E-state index contributed by atoms with van der Waals surface area (Å²) < 4.78 is 5.87. The van der Waals surface area contributed by atoms with Gasteiger partial charge in [0.25, 0.3) is 5.91 Å². The second kappa shape index (κ2) is 7.25. The zero-order valence-corrected chi connectivity index (χ0v) is 13.6. The van der Waals surface area contributed by atoms with Crippen LogP contribution in [0.2, 0.25) is 0 Å². The molecule has 5 nitrogen and oxygen atoms in total. The van der Waals surface area contributed by atoms with E-state index < -0.39 is 0 Å². The van der Waals surface area contributed by atoms with Gasteiger partial charge in [-0.15, -0.1) is 0 Å². The number of pyridine rings is 1. The van der Waals surface area contributed by atoms with Crippen LogP contribution in [0.1, 0.15) is 39.1 Å². The van der Waals surface area contributed by atoms with Crippen molar-refractivity contribution >= 4 is 12.2 Å². The Morgan fingerprint density at radius 2 is 2.25 bits per heavy atom. The van der Waals surface area contributed by atoms with E-state index in [0.29, 0.717) is 23.5 Å². The number of carbonyl (C=O) groups excluding carboxylic acids is 2. The second-order valence-corrected chi connectivity index (χ2v) is 5.95. The van der Waals surface area contributed by atoms with Gasteiger partial charge in [-0.3, -0.25) is 14.6 Å². The minimum Gasteiger partial charge on any atom is -0.491 e. The quantitative estimate of drug-likeness (QED) is 0.794. The van der Waals surface area contributed by atoms with Crippen LogP contribution in [0.15, 0.2) is 42.7 Å². The minimum absolute atomic E-state index is 0.0118. The summed E-state index contributed by atoms with van der Waals surface area (Å²) in [6, 6.07) is 9.08. The van der Waals surface area contributed by atoms with Crippen LogP contribution in [-0.2, 0) is 0 Å². The fraction of sp³-hybridized carbons (Fsp3) is 0.316. The van der Waals surface area contributed by atoms with Crippen LogP contribution in [0.25, 0.3) is 0 Å². The Balaban J connectivity index is 1.70. The number of aryl methyl sites for hydroxylation is 1. The van der Waals surface area contributed by atoms with Gasteiger partial charge in [-0.05, 0) is 43.5 Å². The maximum Gasteiger partial charge on any atom is 0.255 e. The molecule has 3 rings (SSSR count). The Morgan fingerprint density at radius 3 is 3.00 bits per heavy atom. The molecule has 0 unspecified atom stereocenters. The van der Waals surface area contributed by atoms with E-state index in [9.17, 15) is 9.59 Å². The molecule has 1 fully saturated rings. The summed E-state index contributed by atoms with van der Waals surface area (Å²) in [5, 5.41) is 0. The van der Waals surface area contributed by atoms with Gasteiger partial charge in [0, 0.05) is 18.9 Å². The third-order valence-corrected chi connectivity index (χ3v) is 4.38. The fourth-order valence-electron chi connectivity index (χ4n) is 3.05. The van der Waals surface area contributed by atoms with Gasteiger partial charge in [-0.2, -0.15) is 0 Å². The number of amides is 1. The fourth-order valence-corrected chi connectivity index (χ4v) is 3.05. The van der Waals surface area contributed by atoms with Crippen molar-refractivity contribution in [2.75, 3.05) is 13.2 Å². The average Bonchev–Trinajstić information content (AvgIpc) is 3.08. The van der Waals surface area contributed by atoms with Gasteiger partial charge in [-0.1, -0.05) is 12.1 Å². The van der Waals surface area contributed by atoms with Crippen molar-refractivity contribution in [1.82, 2.24) is 9.88 Å². The van der Waals surface area contributed by atoms with Gasteiger partial charge >= 0.3 is 0 Å². The Kier molecular flexibility index (Phi) is 4.89. The van der Waals surface area contributed by atoms with Crippen LogP contribution in [0.5, 0.6) is 5.75 Å². The van der Waals surface area contributed by atoms with E-state index in [-0.39, 0.29) is 11.9 Å². The molecule has 1 atom stereocenters. The van der Waals surface area contributed by atoms with E-state index in [1.54, 1.807) is 30.6 Å². The maximum absolute atomic E-state index is 12.6. The van der Waals surface area contributed by atoms with E-state index in [1.165, 1.54) is 0 Å². The van der Waals surface area contributed by atoms with E-state index in [4.69, 9.17) is 4.74 Å². The van der Waals surface area contributed by atoms with Gasteiger partial charge in [0.15, 0.2) is 6.29 Å². The predicted octanol–water partition coefficient (Wildman–Crippen LogP) is 2.89. The van der Waals surface area contributed by atoms with Gasteiger partial charge in [-0.25, -0.2) is 0 Å². The molecule has 0 N–H and O–H groups in total. The van der Waals surface area contributed by atoms with Gasteiger partial charge in [0.2, 0.25) is 0 Å². The topological polar surface area (TPSA) is 59.5 Å². The third-order valence-electron chi connectivity index (χ3n) is 4.38. The average molecular weight is 324 g/mol. The van der Waals surface area contributed by atoms with Crippen molar-refractivity contribution in [3.05, 3.63) is 59.4 Å². The highest BCUT2D eigenvalue weighted by atomic mass is 16.5. The highest BCUT2D eigenvalue weighted by molar-refractivity contribution is 5.94. The number of aldehydes is 1. The normalized spacial score (nSPS) is 16.9. The van der Waals surface area contributed by atoms with E-state index >= 15 is 0 Å². The highest BCUT2D eigenvalue weighted by Crippen LogP contribution is 2.24. The lowest BCUT2D eigenvalue weighted by atomic mass is 10.1. The lowest BCUT2D eigenvalue weighted by Gasteiger charge is -2.25. The Labute approximate surface area is 141 Å². The van der Waals surface area contributed by atoms with E-state index in [0.717, 1.165) is 31.2 Å². The summed E-state index contributed by atoms with van der Waals surface area (Å²) in [5.41, 5.74) is 2.05. The smallest absolute Gasteiger partial charge is 0.255 e. The molecule has 0 bridgehead atoms. The molecule has 1 amide bonds. The first-order valence-corrected chi connectivity index (χ1v) is 8.09. The molecule has 0 saturated carbocycles. The van der Waals surface area contributed by atoms with Crippen molar-refractivity contribution in [1.29, 1.82) is 0 Å². The summed E-state index contributed by atoms with van der Waals surface area (Å²) in [4.78, 5) is 29.7. The molecule has 2 heterocycles. The predicted molar refractivity (Wildman–Crippen MR) is 90.4 cm³/mol. The third kappa shape index (κ3) is 3.30. The van der Waals surface area contributed by atoms with Crippen molar-refractivity contribution in [2.24, 2.45) is 0 Å². The molecule has 24 heavy (non-hydrogen) atoms. The summed E-state index contributed by atoms with van der Waals surface area (Å²) >= 11 is 0. The van der Waals surface area contributed by atoms with Crippen molar-refractivity contribution in [3.63, 3.8) is 0 Å². The number of rotatable bonds is 5. The first-order valence-electron chi connectivity index (χ1n) is 8.09. The van der Waals surface area contributed by atoms with Crippen LogP contribution in [-0.4, -0.2) is 41.3 Å². The van der Waals surface area contributed by atoms with Gasteiger partial charge < -0.3 is 9.64 Å². The van der Waals surface area contributed by atoms with Crippen LogP contribution < -0.4 is 4.74 Å². The molecule has 1 aliphatic rings. The first kappa shape index (κ1) is 16.2. The SMILES string of the molecule is Cc1cccc(OC[C@@H]2CCCN2C(=O)c2cccnc2)c1C=O. The molecule has 5 heteroatoms. The van der Waals surface area contributed by atoms with E-state index in [2.05, 4.69) is 4.98 Å². The number of hydrogen-bond donors (Lipinski definition) is 0. The number of aromatic nitrogens is 1. The molecule has 2 aromatic rings. The number of nitrogens with zero attached hydrogens (tertiary/aromatic N) is 2. The lowest BCUT2D eigenvalue weighted by Crippen LogP contribution is -2.39. The number of carbonyl (C=O) groups is 2. The highest BCUT2D eigenvalue weighted by Gasteiger charge is 2.30. The van der Waals surface area contributed by atoms with Crippen molar-refractivity contribution in [3.8, 4) is 5.75 Å². The van der Waals surface area contributed by atoms with E-state index in [1.807, 2.05) is 24.0 Å². The Bertz CT molecular complexity index is 731. The van der Waals surface area contributed by atoms with Gasteiger partial charge in [0.05, 0.1) is 17.2 Å². The zero-order valence-electron chi connectivity index (χ0n) is 13.6. The molecule has 1 aromatic carbocycles. The molecule has 0 spiro atoms. The maximum atomic E-state index is 12.6. The molecule has 1 aliphatic heterocycles. The van der Waals surface area contributed by atoms with Crippen LogP contribution in [0.3, 0.4) is 0 Å². The van der Waals surface area contributed by atoms with Crippen LogP contribution in [0.4, 0.5) is 0 Å². The molecule has 0 aliphatic carbocycles. The largest absolute Gasteiger partial charge is 0.491 e. The first-order chi connectivity index (χ1) is 11.7. The molecule has 124 valence electrons. The number of ether oxygens (including phenoxy) is 1. The van der Waals surface area contributed by atoms with Crippen LogP contribution >= 0.6 is 0 Å². The summed E-state index contributed by atoms with van der Waals surface area (Å²) in [6.07, 6.45) is 5.91. The monoisotopic (exact) mass is 324 g/mol. The Morgan fingerprint density at radius 1 is 1.38 bits per heavy atom.